The first kappa shape index (κ1) is 34.4. The highest BCUT2D eigenvalue weighted by Crippen LogP contribution is 2.43. The molecule has 2 aromatic carbocycles. The quantitative estimate of drug-likeness (QED) is 0.178. The first-order valence-corrected chi connectivity index (χ1v) is 16.4. The van der Waals surface area contributed by atoms with Gasteiger partial charge in [-0.05, 0) is 68.0 Å². The van der Waals surface area contributed by atoms with Crippen molar-refractivity contribution in [3.8, 4) is 5.75 Å². The summed E-state index contributed by atoms with van der Waals surface area (Å²) in [7, 11) is 3.61. The van der Waals surface area contributed by atoms with Crippen molar-refractivity contribution in [3.05, 3.63) is 64.8 Å². The Balaban J connectivity index is 1.66. The van der Waals surface area contributed by atoms with Crippen molar-refractivity contribution in [3.63, 3.8) is 0 Å². The van der Waals surface area contributed by atoms with Crippen LogP contribution in [0.1, 0.15) is 78.9 Å². The molecule has 0 bridgehead atoms. The molecule has 1 saturated carbocycles. The van der Waals surface area contributed by atoms with E-state index in [1.165, 1.54) is 18.4 Å². The number of halogens is 3. The van der Waals surface area contributed by atoms with Gasteiger partial charge in [0.05, 0.1) is 37.3 Å². The number of nitrogens with one attached hydrogen (secondary N) is 2. The van der Waals surface area contributed by atoms with Crippen LogP contribution in [0.4, 0.5) is 36.3 Å². The number of hydrogen-bond acceptors (Lipinski definition) is 8. The Bertz CT molecular complexity index is 1440. The van der Waals surface area contributed by atoms with Gasteiger partial charge in [-0.25, -0.2) is 4.98 Å². The number of methoxy groups -OCH3 is 1. The van der Waals surface area contributed by atoms with E-state index in [4.69, 9.17) is 13.8 Å². The van der Waals surface area contributed by atoms with Gasteiger partial charge in [-0.1, -0.05) is 31.4 Å². The summed E-state index contributed by atoms with van der Waals surface area (Å²) in [5.41, 5.74) is 1.83. The van der Waals surface area contributed by atoms with E-state index in [1.807, 2.05) is 32.0 Å². The maximum Gasteiger partial charge on any atom is 0.421 e. The number of benzene rings is 2. The van der Waals surface area contributed by atoms with Crippen LogP contribution < -0.4 is 15.4 Å². The third-order valence-corrected chi connectivity index (χ3v) is 9.19. The molecule has 13 heteroatoms. The number of amides is 1. The maximum atomic E-state index is 14.1. The molecular formula is C32H41F3N5O4P. The van der Waals surface area contributed by atoms with E-state index in [-0.39, 0.29) is 23.1 Å². The second-order valence-electron chi connectivity index (χ2n) is 10.9. The van der Waals surface area contributed by atoms with Crippen molar-refractivity contribution in [1.29, 1.82) is 0 Å². The lowest BCUT2D eigenvalue weighted by Gasteiger charge is -2.24. The Labute approximate surface area is 263 Å². The summed E-state index contributed by atoms with van der Waals surface area (Å²) in [6.45, 7) is 4.87. The molecule has 1 aromatic heterocycles. The van der Waals surface area contributed by atoms with Gasteiger partial charge in [0.1, 0.15) is 17.1 Å². The lowest BCUT2D eigenvalue weighted by atomic mass is 9.83. The van der Waals surface area contributed by atoms with E-state index < -0.39 is 25.9 Å². The van der Waals surface area contributed by atoms with E-state index >= 15 is 0 Å². The number of hydrogen-bond donors (Lipinski definition) is 2. The summed E-state index contributed by atoms with van der Waals surface area (Å²) in [6, 6.07) is 10.8. The minimum Gasteiger partial charge on any atom is -0.495 e. The monoisotopic (exact) mass is 647 g/mol. The van der Waals surface area contributed by atoms with Gasteiger partial charge in [0.25, 0.3) is 5.91 Å². The second-order valence-corrected chi connectivity index (χ2v) is 12.4. The van der Waals surface area contributed by atoms with Crippen LogP contribution in [0.3, 0.4) is 0 Å². The molecule has 1 amide bonds. The molecule has 1 fully saturated rings. The van der Waals surface area contributed by atoms with Gasteiger partial charge in [0, 0.05) is 26.5 Å². The van der Waals surface area contributed by atoms with Crippen molar-refractivity contribution in [2.45, 2.75) is 64.2 Å². The number of carbonyl (C=O) groups excluding carboxylic acids is 1. The smallest absolute Gasteiger partial charge is 0.421 e. The standard InChI is InChI=1S/C32H41F3N5O4P/c1-6-43-45(44-7-2)20-21-13-15-27(28(17-21)42-5)38-31-36-19-25(32(33,34)35)29(39-31)37-26-16-14-23(22-11-9-8-10-12-22)18-24(26)30(41)40(3)4/h13-19,22H,6-12,20H2,1-5H3,(H2,36,37,38,39). The van der Waals surface area contributed by atoms with Gasteiger partial charge in [-0.2, -0.15) is 18.2 Å². The normalized spacial score (nSPS) is 14.0. The number of rotatable bonds is 13. The molecule has 3 aromatic rings. The average Bonchev–Trinajstić information content (AvgIpc) is 3.01. The topological polar surface area (TPSA) is 97.8 Å². The molecule has 0 aliphatic heterocycles. The summed E-state index contributed by atoms with van der Waals surface area (Å²) >= 11 is 0. The maximum absolute atomic E-state index is 14.1. The third kappa shape index (κ3) is 9.05. The largest absolute Gasteiger partial charge is 0.495 e. The van der Waals surface area contributed by atoms with Crippen molar-refractivity contribution in [2.24, 2.45) is 0 Å². The highest BCUT2D eigenvalue weighted by atomic mass is 31.2. The Kier molecular flexibility index (Phi) is 12.0. The highest BCUT2D eigenvalue weighted by molar-refractivity contribution is 7.46. The number of anilines is 4. The van der Waals surface area contributed by atoms with E-state index in [9.17, 15) is 18.0 Å². The number of alkyl halides is 3. The van der Waals surface area contributed by atoms with Crippen LogP contribution in [0.25, 0.3) is 0 Å². The van der Waals surface area contributed by atoms with E-state index in [0.29, 0.717) is 36.7 Å². The van der Waals surface area contributed by atoms with E-state index in [1.54, 1.807) is 32.3 Å². The van der Waals surface area contributed by atoms with Crippen molar-refractivity contribution in [2.75, 3.05) is 45.1 Å². The average molecular weight is 648 g/mol. The fourth-order valence-corrected chi connectivity index (χ4v) is 6.60. The van der Waals surface area contributed by atoms with Crippen LogP contribution >= 0.6 is 8.38 Å². The number of aromatic nitrogens is 2. The molecule has 45 heavy (non-hydrogen) atoms. The predicted octanol–water partition coefficient (Wildman–Crippen LogP) is 8.63. The van der Waals surface area contributed by atoms with E-state index in [0.717, 1.165) is 43.0 Å². The summed E-state index contributed by atoms with van der Waals surface area (Å²) in [4.78, 5) is 22.8. The Morgan fingerprint density at radius 2 is 1.69 bits per heavy atom. The van der Waals surface area contributed by atoms with Crippen LogP contribution in [0.15, 0.2) is 42.6 Å². The SMILES string of the molecule is CCOP(Cc1ccc(Nc2ncc(C(F)(F)F)c(Nc3ccc(C4CCCCC4)cc3C(=O)N(C)C)n2)c(OC)c1)OCC. The third-order valence-electron chi connectivity index (χ3n) is 7.47. The molecule has 0 radical (unpaired) electrons. The first-order chi connectivity index (χ1) is 21.5. The molecule has 244 valence electrons. The Morgan fingerprint density at radius 3 is 2.31 bits per heavy atom. The lowest BCUT2D eigenvalue weighted by Crippen LogP contribution is -2.23. The van der Waals surface area contributed by atoms with Crippen LogP contribution in [-0.2, 0) is 21.4 Å². The zero-order chi connectivity index (χ0) is 32.6. The van der Waals surface area contributed by atoms with Crippen LogP contribution in [0.2, 0.25) is 0 Å². The minimum absolute atomic E-state index is 0.0817. The molecular weight excluding hydrogens is 606 g/mol. The van der Waals surface area contributed by atoms with Gasteiger partial charge in [0.2, 0.25) is 5.95 Å². The minimum atomic E-state index is -4.74. The fraction of sp³-hybridized carbons (Fsp3) is 0.469. The second kappa shape index (κ2) is 15.7. The molecule has 1 heterocycles. The Hall–Kier alpha value is -3.47. The van der Waals surface area contributed by atoms with Gasteiger partial charge in [-0.15, -0.1) is 0 Å². The molecule has 1 aliphatic rings. The zero-order valence-electron chi connectivity index (χ0n) is 26.3. The van der Waals surface area contributed by atoms with Crippen molar-refractivity contribution < 1.29 is 31.8 Å². The molecule has 0 unspecified atom stereocenters. The molecule has 0 atom stereocenters. The van der Waals surface area contributed by atoms with Crippen LogP contribution in [0.5, 0.6) is 5.75 Å². The fourth-order valence-electron chi connectivity index (χ4n) is 5.27. The van der Waals surface area contributed by atoms with Gasteiger partial charge in [-0.3, -0.25) is 4.79 Å². The van der Waals surface area contributed by atoms with E-state index in [2.05, 4.69) is 20.6 Å². The molecule has 0 saturated heterocycles. The van der Waals surface area contributed by atoms with Gasteiger partial charge < -0.3 is 29.3 Å². The summed E-state index contributed by atoms with van der Waals surface area (Å²) in [5.74, 6) is -0.118. The first-order valence-electron chi connectivity index (χ1n) is 15.1. The van der Waals surface area contributed by atoms with Gasteiger partial charge >= 0.3 is 6.18 Å². The molecule has 4 rings (SSSR count). The van der Waals surface area contributed by atoms with Gasteiger partial charge in [0.15, 0.2) is 8.38 Å². The molecule has 9 nitrogen and oxygen atoms in total. The number of carbonyl (C=O) groups is 1. The highest BCUT2D eigenvalue weighted by Gasteiger charge is 2.36. The van der Waals surface area contributed by atoms with Crippen LogP contribution in [-0.4, -0.2) is 55.2 Å². The summed E-state index contributed by atoms with van der Waals surface area (Å²) in [5, 5.41) is 5.79. The predicted molar refractivity (Wildman–Crippen MR) is 171 cm³/mol. The van der Waals surface area contributed by atoms with Crippen molar-refractivity contribution in [1.82, 2.24) is 14.9 Å². The Morgan fingerprint density at radius 1 is 1.00 bits per heavy atom. The summed E-state index contributed by atoms with van der Waals surface area (Å²) < 4.78 is 59.3. The molecule has 0 spiro atoms. The summed E-state index contributed by atoms with van der Waals surface area (Å²) in [6.07, 6.45) is 1.98. The number of nitrogens with zero attached hydrogens (tertiary/aromatic N) is 3. The molecule has 1 aliphatic carbocycles. The zero-order valence-corrected chi connectivity index (χ0v) is 27.2. The van der Waals surface area contributed by atoms with Crippen molar-refractivity contribution >= 4 is 37.4 Å². The van der Waals surface area contributed by atoms with Crippen LogP contribution in [0, 0.1) is 0 Å². The molecule has 2 N–H and O–H groups in total. The number of ether oxygens (including phenoxy) is 1. The lowest BCUT2D eigenvalue weighted by molar-refractivity contribution is -0.137.